The molecule has 1 N–H and O–H groups in total. The van der Waals surface area contributed by atoms with E-state index >= 15 is 0 Å². The highest BCUT2D eigenvalue weighted by molar-refractivity contribution is 5.01. The van der Waals surface area contributed by atoms with E-state index in [4.69, 9.17) is 0 Å². The van der Waals surface area contributed by atoms with Crippen LogP contribution in [-0.2, 0) is 0 Å². The van der Waals surface area contributed by atoms with Gasteiger partial charge in [-0.05, 0) is 75.0 Å². The monoisotopic (exact) mass is 314 g/mol. The molecule has 0 aromatic heterocycles. The number of aliphatic hydroxyl groups is 1. The summed E-state index contributed by atoms with van der Waals surface area (Å²) < 4.78 is 13.5. The summed E-state index contributed by atoms with van der Waals surface area (Å²) in [5.41, 5.74) is -1.24. The minimum Gasteiger partial charge on any atom is -0.390 e. The fourth-order valence-electron chi connectivity index (χ4n) is 4.87. The average molecular weight is 315 g/mol. The van der Waals surface area contributed by atoms with Crippen LogP contribution in [0.25, 0.3) is 0 Å². The van der Waals surface area contributed by atoms with Crippen LogP contribution in [0.3, 0.4) is 0 Å². The molecule has 22 heavy (non-hydrogen) atoms. The van der Waals surface area contributed by atoms with Crippen molar-refractivity contribution in [2.24, 2.45) is 29.1 Å². The van der Waals surface area contributed by atoms with Gasteiger partial charge in [-0.3, -0.25) is 0 Å². The lowest BCUT2D eigenvalue weighted by molar-refractivity contribution is -0.0495. The second-order valence-electron chi connectivity index (χ2n) is 9.41. The van der Waals surface area contributed by atoms with Gasteiger partial charge in [-0.2, -0.15) is 0 Å². The molecule has 0 radical (unpaired) electrons. The second-order valence-corrected chi connectivity index (χ2v) is 9.41. The molecule has 0 bridgehead atoms. The minimum atomic E-state index is -0.867. The van der Waals surface area contributed by atoms with Gasteiger partial charge in [0.1, 0.15) is 5.67 Å². The molecule has 0 saturated heterocycles. The minimum absolute atomic E-state index is 0.0845. The molecule has 2 aliphatic rings. The molecule has 0 spiro atoms. The number of alkyl halides is 1. The van der Waals surface area contributed by atoms with E-state index in [-0.39, 0.29) is 5.41 Å². The molecule has 2 unspecified atom stereocenters. The summed E-state index contributed by atoms with van der Waals surface area (Å²) in [6, 6.07) is 0. The van der Waals surface area contributed by atoms with Gasteiger partial charge in [-0.15, -0.1) is 0 Å². The first-order valence-corrected chi connectivity index (χ1v) is 9.24. The fourth-order valence-corrected chi connectivity index (χ4v) is 4.87. The summed E-state index contributed by atoms with van der Waals surface area (Å²) in [7, 11) is 0. The Hall–Kier alpha value is -0.110. The van der Waals surface area contributed by atoms with Gasteiger partial charge in [-0.25, -0.2) is 4.39 Å². The van der Waals surface area contributed by atoms with E-state index in [9.17, 15) is 9.50 Å². The third-order valence-electron chi connectivity index (χ3n) is 6.82. The summed E-state index contributed by atoms with van der Waals surface area (Å²) in [5.74, 6) is 2.19. The van der Waals surface area contributed by atoms with E-state index in [0.29, 0.717) is 23.7 Å². The highest BCUT2D eigenvalue weighted by atomic mass is 19.1. The van der Waals surface area contributed by atoms with E-state index < -0.39 is 11.3 Å². The quantitative estimate of drug-likeness (QED) is 0.662. The molecule has 2 saturated carbocycles. The smallest absolute Gasteiger partial charge is 0.111 e. The highest BCUT2D eigenvalue weighted by Gasteiger charge is 2.51. The van der Waals surface area contributed by atoms with Crippen LogP contribution in [-0.4, -0.2) is 16.4 Å². The third-order valence-corrected chi connectivity index (χ3v) is 6.82. The number of hydrogen-bond donors (Lipinski definition) is 1. The van der Waals surface area contributed by atoms with Crippen molar-refractivity contribution in [3.8, 4) is 0 Å². The van der Waals surface area contributed by atoms with Gasteiger partial charge < -0.3 is 5.11 Å². The van der Waals surface area contributed by atoms with Crippen molar-refractivity contribution in [2.75, 3.05) is 0 Å². The van der Waals surface area contributed by atoms with Crippen molar-refractivity contribution in [2.45, 2.75) is 98.8 Å². The molecule has 2 aliphatic carbocycles. The number of rotatable bonds is 2. The van der Waals surface area contributed by atoms with Crippen LogP contribution in [0.1, 0.15) is 87.5 Å². The van der Waals surface area contributed by atoms with Crippen LogP contribution in [0.2, 0.25) is 0 Å². The Morgan fingerprint density at radius 2 is 1.36 bits per heavy atom. The first-order chi connectivity index (χ1) is 9.83. The Morgan fingerprint density at radius 3 is 1.55 bits per heavy atom. The molecule has 2 fully saturated rings. The van der Waals surface area contributed by atoms with E-state index in [1.54, 1.807) is 6.92 Å². The Bertz CT molecular complexity index is 355. The van der Waals surface area contributed by atoms with Crippen LogP contribution in [0.5, 0.6) is 0 Å². The van der Waals surface area contributed by atoms with Gasteiger partial charge in [0, 0.05) is 0 Å². The van der Waals surface area contributed by atoms with E-state index in [1.165, 1.54) is 6.42 Å². The van der Waals surface area contributed by atoms with Gasteiger partial charge in [0.2, 0.25) is 0 Å². The second kappa shape index (κ2) is 6.79. The molecular weight excluding hydrogens is 275 g/mol. The van der Waals surface area contributed by atoms with Gasteiger partial charge in [-0.1, -0.05) is 41.5 Å². The van der Waals surface area contributed by atoms with Crippen LogP contribution >= 0.6 is 0 Å². The predicted molar refractivity (Wildman–Crippen MR) is 93.7 cm³/mol. The lowest BCUT2D eigenvalue weighted by Crippen LogP contribution is -2.41. The molecule has 2 rings (SSSR count). The van der Waals surface area contributed by atoms with Crippen molar-refractivity contribution < 1.29 is 9.50 Å². The summed E-state index contributed by atoms with van der Waals surface area (Å²) in [4.78, 5) is 0. The molecule has 132 valence electrons. The maximum Gasteiger partial charge on any atom is 0.111 e. The maximum atomic E-state index is 13.5. The van der Waals surface area contributed by atoms with Crippen molar-refractivity contribution in [1.82, 2.24) is 0 Å². The first kappa shape index (κ1) is 19.9. The maximum absolute atomic E-state index is 13.5. The van der Waals surface area contributed by atoms with Gasteiger partial charge in [0.15, 0.2) is 0 Å². The first-order valence-electron chi connectivity index (χ1n) is 9.24. The normalized spacial score (nSPS) is 40.9. The van der Waals surface area contributed by atoms with Crippen LogP contribution in [0, 0.1) is 29.1 Å². The Morgan fingerprint density at radius 1 is 0.864 bits per heavy atom. The Balaban J connectivity index is 0.000000224. The zero-order chi connectivity index (χ0) is 17.3. The molecule has 4 atom stereocenters. The van der Waals surface area contributed by atoms with Crippen LogP contribution in [0.4, 0.5) is 4.39 Å². The standard InChI is InChI=1S/C11H22O.C9H17F/c1-8(2)9-6-7-11(5,12)10(9,3)4;1-7(2)8-5-4-6-9(8,3)10/h8-9,12H,6-7H2,1-5H3;7-8H,4-6H2,1-3H3/t9?,11-;8?,9-/m10/s1. The van der Waals surface area contributed by atoms with Crippen molar-refractivity contribution in [3.63, 3.8) is 0 Å². The topological polar surface area (TPSA) is 20.2 Å². The lowest BCUT2D eigenvalue weighted by atomic mass is 9.69. The van der Waals surface area contributed by atoms with Crippen molar-refractivity contribution in [1.29, 1.82) is 0 Å². The average Bonchev–Trinajstić information content (AvgIpc) is 2.77. The summed E-state index contributed by atoms with van der Waals surface area (Å²) in [6.45, 7) is 16.9. The molecule has 0 amide bonds. The summed E-state index contributed by atoms with van der Waals surface area (Å²) in [6.07, 6.45) is 5.08. The van der Waals surface area contributed by atoms with Gasteiger partial charge in [0.05, 0.1) is 5.60 Å². The van der Waals surface area contributed by atoms with Crippen LogP contribution in [0.15, 0.2) is 0 Å². The Labute approximate surface area is 138 Å². The number of hydrogen-bond acceptors (Lipinski definition) is 1. The fraction of sp³-hybridized carbons (Fsp3) is 1.00. The third kappa shape index (κ3) is 4.04. The highest BCUT2D eigenvalue weighted by Crippen LogP contribution is 2.52. The predicted octanol–water partition coefficient (Wildman–Crippen LogP) is 6.00. The summed E-state index contributed by atoms with van der Waals surface area (Å²) >= 11 is 0. The van der Waals surface area contributed by atoms with Gasteiger partial charge >= 0.3 is 0 Å². The molecular formula is C20H39FO. The largest absolute Gasteiger partial charge is 0.390 e. The molecule has 1 nitrogen and oxygen atoms in total. The van der Waals surface area contributed by atoms with E-state index in [0.717, 1.165) is 25.7 Å². The molecule has 0 aliphatic heterocycles. The van der Waals surface area contributed by atoms with E-state index in [1.807, 2.05) is 6.92 Å². The zero-order valence-corrected chi connectivity index (χ0v) is 16.2. The van der Waals surface area contributed by atoms with Gasteiger partial charge in [0.25, 0.3) is 0 Å². The molecule has 0 heterocycles. The molecule has 0 aromatic carbocycles. The zero-order valence-electron chi connectivity index (χ0n) is 16.2. The Kier molecular flexibility index (Phi) is 6.15. The number of halogens is 1. The lowest BCUT2D eigenvalue weighted by Gasteiger charge is -2.39. The molecule has 0 aromatic rings. The summed E-state index contributed by atoms with van der Waals surface area (Å²) in [5, 5.41) is 10.1. The van der Waals surface area contributed by atoms with Crippen molar-refractivity contribution >= 4 is 0 Å². The molecule has 2 heteroatoms. The van der Waals surface area contributed by atoms with Crippen LogP contribution < -0.4 is 0 Å². The van der Waals surface area contributed by atoms with E-state index in [2.05, 4.69) is 41.5 Å². The SMILES string of the molecule is CC(C)C1CCC[C@]1(C)F.CC(C)C1CC[C@@](C)(O)C1(C)C. The van der Waals surface area contributed by atoms with Crippen molar-refractivity contribution in [3.05, 3.63) is 0 Å².